The fourth-order valence-electron chi connectivity index (χ4n) is 1.53. The highest BCUT2D eigenvalue weighted by atomic mass is 79.9. The highest BCUT2D eigenvalue weighted by Gasteiger charge is 2.21. The summed E-state index contributed by atoms with van der Waals surface area (Å²) in [5, 5.41) is 11.5. The largest absolute Gasteiger partial charge is 0.480 e. The molecule has 0 aliphatic heterocycles. The Bertz CT molecular complexity index is 476. The van der Waals surface area contributed by atoms with Crippen LogP contribution >= 0.6 is 15.9 Å². The molecule has 1 amide bonds. The molecule has 1 unspecified atom stereocenters. The van der Waals surface area contributed by atoms with E-state index in [0.29, 0.717) is 10.0 Å². The van der Waals surface area contributed by atoms with Gasteiger partial charge in [0, 0.05) is 24.6 Å². The van der Waals surface area contributed by atoms with Crippen molar-refractivity contribution < 1.29 is 19.4 Å². The van der Waals surface area contributed by atoms with Crippen LogP contribution in [0.15, 0.2) is 22.7 Å². The molecule has 0 saturated carbocycles. The van der Waals surface area contributed by atoms with Gasteiger partial charge in [-0.2, -0.15) is 0 Å². The lowest BCUT2D eigenvalue weighted by Gasteiger charge is -2.14. The van der Waals surface area contributed by atoms with Gasteiger partial charge < -0.3 is 15.2 Å². The van der Waals surface area contributed by atoms with E-state index in [1.54, 1.807) is 18.2 Å². The zero-order valence-corrected chi connectivity index (χ0v) is 12.4. The molecule has 1 atom stereocenters. The van der Waals surface area contributed by atoms with Gasteiger partial charge in [0.25, 0.3) is 5.91 Å². The quantitative estimate of drug-likeness (QED) is 0.836. The van der Waals surface area contributed by atoms with Gasteiger partial charge in [0.2, 0.25) is 0 Å². The number of aryl methyl sites for hydroxylation is 1. The maximum atomic E-state index is 12.0. The van der Waals surface area contributed by atoms with Crippen molar-refractivity contribution in [3.05, 3.63) is 33.8 Å². The minimum atomic E-state index is -1.08. The first-order chi connectivity index (χ1) is 8.95. The number of hydrogen-bond donors (Lipinski definition) is 2. The number of hydrogen-bond acceptors (Lipinski definition) is 3. The molecular weight excluding hydrogens is 314 g/mol. The first-order valence-corrected chi connectivity index (χ1v) is 6.53. The summed E-state index contributed by atoms with van der Waals surface area (Å²) >= 11 is 3.29. The third kappa shape index (κ3) is 4.65. The number of amides is 1. The number of carboxylic acids is 1. The normalized spacial score (nSPS) is 11.9. The molecule has 1 rings (SSSR count). The molecule has 0 bridgehead atoms. The van der Waals surface area contributed by atoms with Crippen molar-refractivity contribution >= 4 is 27.8 Å². The standard InChI is InChI=1S/C13H16BrNO4/c1-8-3-4-9(10(14)7-8)12(16)15-11(13(17)18)5-6-19-2/h3-4,7,11H,5-6H2,1-2H3,(H,15,16)(H,17,18). The molecule has 104 valence electrons. The molecule has 2 N–H and O–H groups in total. The van der Waals surface area contributed by atoms with Gasteiger partial charge in [-0.05, 0) is 40.5 Å². The van der Waals surface area contributed by atoms with Crippen LogP contribution in [0.2, 0.25) is 0 Å². The topological polar surface area (TPSA) is 75.6 Å². The Hall–Kier alpha value is -1.40. The van der Waals surface area contributed by atoms with E-state index >= 15 is 0 Å². The van der Waals surface area contributed by atoms with E-state index in [4.69, 9.17) is 9.84 Å². The molecule has 0 radical (unpaired) electrons. The van der Waals surface area contributed by atoms with Gasteiger partial charge in [0.05, 0.1) is 5.56 Å². The highest BCUT2D eigenvalue weighted by Crippen LogP contribution is 2.18. The average Bonchev–Trinajstić information content (AvgIpc) is 2.33. The molecule has 0 saturated heterocycles. The molecule has 1 aromatic carbocycles. The Morgan fingerprint density at radius 2 is 2.16 bits per heavy atom. The fraction of sp³-hybridized carbons (Fsp3) is 0.385. The number of carbonyl (C=O) groups excluding carboxylic acids is 1. The first-order valence-electron chi connectivity index (χ1n) is 5.74. The minimum absolute atomic E-state index is 0.223. The van der Waals surface area contributed by atoms with Crippen LogP contribution in [0.3, 0.4) is 0 Å². The predicted molar refractivity (Wildman–Crippen MR) is 74.3 cm³/mol. The van der Waals surface area contributed by atoms with Crippen LogP contribution in [-0.4, -0.2) is 36.7 Å². The third-order valence-electron chi connectivity index (χ3n) is 2.58. The zero-order chi connectivity index (χ0) is 14.4. The van der Waals surface area contributed by atoms with Crippen molar-refractivity contribution in [2.75, 3.05) is 13.7 Å². The van der Waals surface area contributed by atoms with Crippen molar-refractivity contribution in [2.45, 2.75) is 19.4 Å². The van der Waals surface area contributed by atoms with E-state index in [2.05, 4.69) is 21.2 Å². The summed E-state index contributed by atoms with van der Waals surface area (Å²) in [7, 11) is 1.48. The highest BCUT2D eigenvalue weighted by molar-refractivity contribution is 9.10. The lowest BCUT2D eigenvalue weighted by molar-refractivity contribution is -0.139. The van der Waals surface area contributed by atoms with Crippen molar-refractivity contribution in [1.82, 2.24) is 5.32 Å². The van der Waals surface area contributed by atoms with Crippen LogP contribution in [0.1, 0.15) is 22.3 Å². The summed E-state index contributed by atoms with van der Waals surface area (Å²) in [6.07, 6.45) is 0.223. The van der Waals surface area contributed by atoms with Gasteiger partial charge in [-0.3, -0.25) is 4.79 Å². The van der Waals surface area contributed by atoms with Crippen molar-refractivity contribution in [3.63, 3.8) is 0 Å². The Morgan fingerprint density at radius 3 is 2.68 bits per heavy atom. The summed E-state index contributed by atoms with van der Waals surface area (Å²) in [6, 6.07) is 4.30. The van der Waals surface area contributed by atoms with Crippen LogP contribution in [-0.2, 0) is 9.53 Å². The third-order valence-corrected chi connectivity index (χ3v) is 3.24. The van der Waals surface area contributed by atoms with Crippen LogP contribution in [0.5, 0.6) is 0 Å². The van der Waals surface area contributed by atoms with Crippen LogP contribution < -0.4 is 5.32 Å². The summed E-state index contributed by atoms with van der Waals surface area (Å²) < 4.78 is 5.47. The van der Waals surface area contributed by atoms with E-state index in [1.165, 1.54) is 7.11 Å². The number of benzene rings is 1. The Labute approximate surface area is 120 Å². The Kier molecular flexibility index (Phi) is 5.98. The predicted octanol–water partition coefficient (Wildman–Crippen LogP) is 1.98. The Morgan fingerprint density at radius 1 is 1.47 bits per heavy atom. The number of carbonyl (C=O) groups is 2. The second-order valence-electron chi connectivity index (χ2n) is 4.13. The van der Waals surface area contributed by atoms with E-state index < -0.39 is 17.9 Å². The molecule has 1 aromatic rings. The fourth-order valence-corrected chi connectivity index (χ4v) is 2.21. The molecule has 0 spiro atoms. The van der Waals surface area contributed by atoms with Gasteiger partial charge in [-0.25, -0.2) is 4.79 Å². The lowest BCUT2D eigenvalue weighted by Crippen LogP contribution is -2.41. The van der Waals surface area contributed by atoms with Gasteiger partial charge in [0.1, 0.15) is 6.04 Å². The van der Waals surface area contributed by atoms with Gasteiger partial charge in [-0.15, -0.1) is 0 Å². The molecule has 0 aliphatic carbocycles. The Balaban J connectivity index is 2.78. The van der Waals surface area contributed by atoms with E-state index in [0.717, 1.165) is 5.56 Å². The molecule has 19 heavy (non-hydrogen) atoms. The molecule has 0 aromatic heterocycles. The summed E-state index contributed by atoms with van der Waals surface area (Å²) in [5.74, 6) is -1.50. The van der Waals surface area contributed by atoms with Crippen LogP contribution in [0, 0.1) is 6.92 Å². The number of ether oxygens (including phenoxy) is 1. The number of rotatable bonds is 6. The van der Waals surface area contributed by atoms with E-state index in [-0.39, 0.29) is 13.0 Å². The summed E-state index contributed by atoms with van der Waals surface area (Å²) in [6.45, 7) is 2.18. The monoisotopic (exact) mass is 329 g/mol. The van der Waals surface area contributed by atoms with Crippen LogP contribution in [0.4, 0.5) is 0 Å². The second-order valence-corrected chi connectivity index (χ2v) is 4.98. The molecule has 6 heteroatoms. The SMILES string of the molecule is COCCC(NC(=O)c1ccc(C)cc1Br)C(=O)O. The number of aliphatic carboxylic acids is 1. The number of methoxy groups -OCH3 is 1. The maximum Gasteiger partial charge on any atom is 0.326 e. The van der Waals surface area contributed by atoms with Gasteiger partial charge >= 0.3 is 5.97 Å². The second kappa shape index (κ2) is 7.25. The number of carboxylic acid groups (broad SMARTS) is 1. The summed E-state index contributed by atoms with van der Waals surface area (Å²) in [4.78, 5) is 23.0. The number of halogens is 1. The maximum absolute atomic E-state index is 12.0. The smallest absolute Gasteiger partial charge is 0.326 e. The molecule has 0 aliphatic rings. The average molecular weight is 330 g/mol. The van der Waals surface area contributed by atoms with E-state index in [9.17, 15) is 9.59 Å². The minimum Gasteiger partial charge on any atom is -0.480 e. The van der Waals surface area contributed by atoms with Gasteiger partial charge in [0.15, 0.2) is 0 Å². The molecule has 0 heterocycles. The zero-order valence-electron chi connectivity index (χ0n) is 10.8. The van der Waals surface area contributed by atoms with Gasteiger partial charge in [-0.1, -0.05) is 6.07 Å². The molecule has 5 nitrogen and oxygen atoms in total. The van der Waals surface area contributed by atoms with Crippen molar-refractivity contribution in [2.24, 2.45) is 0 Å². The molecular formula is C13H16BrNO4. The van der Waals surface area contributed by atoms with Crippen LogP contribution in [0.25, 0.3) is 0 Å². The number of nitrogens with one attached hydrogen (secondary N) is 1. The summed E-state index contributed by atoms with van der Waals surface area (Å²) in [5.41, 5.74) is 1.42. The lowest BCUT2D eigenvalue weighted by atomic mass is 10.1. The first kappa shape index (κ1) is 15.7. The van der Waals surface area contributed by atoms with Crippen molar-refractivity contribution in [1.29, 1.82) is 0 Å². The molecule has 0 fully saturated rings. The van der Waals surface area contributed by atoms with E-state index in [1.807, 2.05) is 6.92 Å². The van der Waals surface area contributed by atoms with Crippen molar-refractivity contribution in [3.8, 4) is 0 Å².